The minimum absolute atomic E-state index is 0.199. The summed E-state index contributed by atoms with van der Waals surface area (Å²) in [4.78, 5) is 14.1. The Balaban J connectivity index is 1.35. The van der Waals surface area contributed by atoms with Gasteiger partial charge in [-0.15, -0.1) is 0 Å². The second-order valence-corrected chi connectivity index (χ2v) is 10.5. The van der Waals surface area contributed by atoms with E-state index in [4.69, 9.17) is 9.97 Å². The lowest BCUT2D eigenvalue weighted by Gasteiger charge is -2.37. The van der Waals surface area contributed by atoms with E-state index in [0.29, 0.717) is 22.7 Å². The number of aliphatic hydroxyl groups is 1. The van der Waals surface area contributed by atoms with Crippen LogP contribution in [0.4, 0.5) is 16.0 Å². The molecule has 0 bridgehead atoms. The van der Waals surface area contributed by atoms with Gasteiger partial charge >= 0.3 is 0 Å². The maximum atomic E-state index is 13.5. The number of halogens is 1. The van der Waals surface area contributed by atoms with Crippen molar-refractivity contribution in [2.24, 2.45) is 0 Å². The fraction of sp³-hybridized carbons (Fsp3) is 0.0541. The molecule has 1 atom stereocenters. The summed E-state index contributed by atoms with van der Waals surface area (Å²) in [6, 6.07) is 44.4. The van der Waals surface area contributed by atoms with Gasteiger partial charge in [0.05, 0.1) is 11.8 Å². The van der Waals surface area contributed by atoms with Gasteiger partial charge in [-0.2, -0.15) is 0 Å². The van der Waals surface area contributed by atoms with Crippen molar-refractivity contribution in [3.8, 4) is 0 Å². The number of hydrogen-bond donors (Lipinski definition) is 2. The summed E-state index contributed by atoms with van der Waals surface area (Å²) in [5.41, 5.74) is 3.69. The highest BCUT2D eigenvalue weighted by atomic mass is 19.1. The van der Waals surface area contributed by atoms with Gasteiger partial charge in [0.25, 0.3) is 0 Å². The van der Waals surface area contributed by atoms with Crippen molar-refractivity contribution in [1.82, 2.24) is 19.5 Å². The molecule has 0 saturated heterocycles. The summed E-state index contributed by atoms with van der Waals surface area (Å²) >= 11 is 0. The first-order chi connectivity index (χ1) is 21.6. The molecule has 2 aromatic heterocycles. The molecular formula is C37H28FN5O. The van der Waals surface area contributed by atoms with Crippen LogP contribution in [0.3, 0.4) is 0 Å². The molecule has 5 aromatic carbocycles. The predicted molar refractivity (Wildman–Crippen MR) is 170 cm³/mol. The fourth-order valence-corrected chi connectivity index (χ4v) is 5.78. The number of rotatable bonds is 8. The van der Waals surface area contributed by atoms with E-state index in [1.807, 2.05) is 91.4 Å². The van der Waals surface area contributed by atoms with E-state index < -0.39 is 11.6 Å². The smallest absolute Gasteiger partial charge is 0.164 e. The third-order valence-electron chi connectivity index (χ3n) is 7.84. The molecule has 0 aliphatic carbocycles. The lowest BCUT2D eigenvalue weighted by atomic mass is 9.77. The Morgan fingerprint density at radius 2 is 1.20 bits per heavy atom. The van der Waals surface area contributed by atoms with E-state index >= 15 is 0 Å². The van der Waals surface area contributed by atoms with Crippen LogP contribution in [0.5, 0.6) is 0 Å². The molecule has 0 saturated carbocycles. The molecule has 44 heavy (non-hydrogen) atoms. The molecule has 2 N–H and O–H groups in total. The summed E-state index contributed by atoms with van der Waals surface area (Å²) in [5.74, 6) is 0.894. The van der Waals surface area contributed by atoms with E-state index in [2.05, 4.69) is 51.3 Å². The normalized spacial score (nSPS) is 12.2. The number of aliphatic hydroxyl groups excluding tert-OH is 1. The Morgan fingerprint density at radius 3 is 1.80 bits per heavy atom. The number of para-hydroxylation sites is 1. The van der Waals surface area contributed by atoms with Crippen LogP contribution in [-0.4, -0.2) is 24.6 Å². The third kappa shape index (κ3) is 4.89. The first-order valence-corrected chi connectivity index (χ1v) is 14.3. The Labute approximate surface area is 254 Å². The summed E-state index contributed by atoms with van der Waals surface area (Å²) in [6.45, 7) is 0. The minimum Gasteiger partial charge on any atom is -0.380 e. The van der Waals surface area contributed by atoms with Gasteiger partial charge in [-0.3, -0.25) is 0 Å². The zero-order chi connectivity index (χ0) is 29.9. The summed E-state index contributed by atoms with van der Waals surface area (Å²) in [7, 11) is 0. The molecule has 0 radical (unpaired) electrons. The van der Waals surface area contributed by atoms with Crippen molar-refractivity contribution in [3.63, 3.8) is 0 Å². The second-order valence-electron chi connectivity index (χ2n) is 10.5. The van der Waals surface area contributed by atoms with Gasteiger partial charge in [-0.1, -0.05) is 115 Å². The number of benzene rings is 5. The molecule has 0 unspecified atom stereocenters. The molecule has 7 rings (SSSR count). The number of nitrogens with one attached hydrogen (secondary N) is 1. The summed E-state index contributed by atoms with van der Waals surface area (Å²) in [6.07, 6.45) is 2.66. The van der Waals surface area contributed by atoms with E-state index in [9.17, 15) is 9.50 Å². The van der Waals surface area contributed by atoms with Crippen LogP contribution >= 0.6 is 0 Å². The SMILES string of the molecule is O[C@H](c1ccc(F)cc1)c1nc(Nc2cn(C(c3ccccc3)(c3ccccc3)c3ccccc3)cn2)c2ccccc2n1. The number of anilines is 2. The number of nitrogens with zero attached hydrogens (tertiary/aromatic N) is 4. The molecule has 6 nitrogen and oxygen atoms in total. The molecule has 0 amide bonds. The molecule has 0 fully saturated rings. The molecule has 214 valence electrons. The zero-order valence-electron chi connectivity index (χ0n) is 23.6. The van der Waals surface area contributed by atoms with Crippen LogP contribution in [-0.2, 0) is 5.54 Å². The van der Waals surface area contributed by atoms with Crippen LogP contribution in [0, 0.1) is 5.82 Å². The Kier molecular flexibility index (Phi) is 7.14. The largest absolute Gasteiger partial charge is 0.380 e. The monoisotopic (exact) mass is 577 g/mol. The van der Waals surface area contributed by atoms with Crippen molar-refractivity contribution in [2.45, 2.75) is 11.6 Å². The highest BCUT2D eigenvalue weighted by molar-refractivity contribution is 5.90. The van der Waals surface area contributed by atoms with Crippen LogP contribution < -0.4 is 5.32 Å². The topological polar surface area (TPSA) is 75.9 Å². The molecule has 0 spiro atoms. The average molecular weight is 578 g/mol. The van der Waals surface area contributed by atoms with E-state index in [1.165, 1.54) is 24.3 Å². The first kappa shape index (κ1) is 27.2. The van der Waals surface area contributed by atoms with Crippen molar-refractivity contribution < 1.29 is 9.50 Å². The van der Waals surface area contributed by atoms with Gasteiger partial charge in [0.1, 0.15) is 29.1 Å². The molecule has 0 aliphatic rings. The van der Waals surface area contributed by atoms with Gasteiger partial charge in [0.15, 0.2) is 5.82 Å². The molecule has 7 aromatic rings. The zero-order valence-corrected chi connectivity index (χ0v) is 23.6. The molecule has 0 aliphatic heterocycles. The molecule has 7 heteroatoms. The van der Waals surface area contributed by atoms with Crippen LogP contribution in [0.25, 0.3) is 10.9 Å². The quantitative estimate of drug-likeness (QED) is 0.182. The van der Waals surface area contributed by atoms with Gasteiger partial charge in [-0.25, -0.2) is 19.3 Å². The predicted octanol–water partition coefficient (Wildman–Crippen LogP) is 7.63. The lowest BCUT2D eigenvalue weighted by molar-refractivity contribution is 0.210. The van der Waals surface area contributed by atoms with E-state index in [-0.39, 0.29) is 11.6 Å². The van der Waals surface area contributed by atoms with Gasteiger partial charge in [0.2, 0.25) is 0 Å². The van der Waals surface area contributed by atoms with Crippen LogP contribution in [0.1, 0.15) is 34.2 Å². The van der Waals surface area contributed by atoms with Crippen molar-refractivity contribution >= 4 is 22.5 Å². The minimum atomic E-state index is -1.14. The highest BCUT2D eigenvalue weighted by Gasteiger charge is 2.38. The summed E-state index contributed by atoms with van der Waals surface area (Å²) in [5, 5.41) is 15.3. The Hall–Kier alpha value is -5.66. The van der Waals surface area contributed by atoms with E-state index in [0.717, 1.165) is 22.1 Å². The second kappa shape index (κ2) is 11.6. The maximum Gasteiger partial charge on any atom is 0.164 e. The van der Waals surface area contributed by atoms with Crippen molar-refractivity contribution in [3.05, 3.63) is 186 Å². The van der Waals surface area contributed by atoms with Crippen molar-refractivity contribution in [1.29, 1.82) is 0 Å². The Bertz CT molecular complexity index is 1920. The standard InChI is InChI=1S/C37H28FN5O/c38-30-22-20-26(21-23-30)34(44)36-40-32-19-11-10-18-31(32)35(42-36)41-33-24-43(25-39-33)37(27-12-4-1-5-13-27,28-14-6-2-7-15-28)29-16-8-3-9-17-29/h1-25,34,44H,(H,40,41,42)/t34-/m1/s1. The van der Waals surface area contributed by atoms with Crippen molar-refractivity contribution in [2.75, 3.05) is 5.32 Å². The number of imidazole rings is 1. The number of aromatic nitrogens is 4. The molecule has 2 heterocycles. The number of hydrogen-bond acceptors (Lipinski definition) is 5. The van der Waals surface area contributed by atoms with Gasteiger partial charge in [0, 0.05) is 11.6 Å². The van der Waals surface area contributed by atoms with E-state index in [1.54, 1.807) is 0 Å². The maximum absolute atomic E-state index is 13.5. The average Bonchev–Trinajstić information content (AvgIpc) is 3.55. The van der Waals surface area contributed by atoms with Gasteiger partial charge in [-0.05, 0) is 46.5 Å². The Morgan fingerprint density at radius 1 is 0.659 bits per heavy atom. The highest BCUT2D eigenvalue weighted by Crippen LogP contribution is 2.41. The lowest BCUT2D eigenvalue weighted by Crippen LogP contribution is -2.36. The van der Waals surface area contributed by atoms with Crippen LogP contribution in [0.15, 0.2) is 152 Å². The molecular weight excluding hydrogens is 549 g/mol. The summed E-state index contributed by atoms with van der Waals surface area (Å²) < 4.78 is 15.7. The number of fused-ring (bicyclic) bond motifs is 1. The first-order valence-electron chi connectivity index (χ1n) is 14.3. The fourth-order valence-electron chi connectivity index (χ4n) is 5.78. The van der Waals surface area contributed by atoms with Gasteiger partial charge < -0.3 is 15.0 Å². The third-order valence-corrected chi connectivity index (χ3v) is 7.84. The van der Waals surface area contributed by atoms with Crippen LogP contribution in [0.2, 0.25) is 0 Å².